The summed E-state index contributed by atoms with van der Waals surface area (Å²) in [4.78, 5) is 13.3. The molecular weight excluding hydrogens is 168 g/mol. The van der Waals surface area contributed by atoms with Crippen LogP contribution in [0.15, 0.2) is 0 Å². The average molecular weight is 186 g/mol. The molecule has 0 aromatic heterocycles. The Hall–Kier alpha value is -0.610. The number of likely N-dealkylation sites (tertiary alicyclic amines) is 1. The fraction of sp³-hybridized carbons (Fsp3) is 0.889. The van der Waals surface area contributed by atoms with Gasteiger partial charge >= 0.3 is 0 Å². The molecule has 0 bridgehead atoms. The molecule has 0 spiro atoms. The molecule has 0 radical (unpaired) electrons. The van der Waals surface area contributed by atoms with Gasteiger partial charge in [0.15, 0.2) is 0 Å². The first-order chi connectivity index (χ1) is 6.16. The fourth-order valence-electron chi connectivity index (χ4n) is 1.87. The monoisotopic (exact) mass is 186 g/mol. The number of nitrogens with two attached hydrogens (primary N) is 1. The molecule has 76 valence electrons. The van der Waals surface area contributed by atoms with Crippen molar-refractivity contribution in [2.75, 3.05) is 13.1 Å². The predicted octanol–water partition coefficient (Wildman–Crippen LogP) is -0.293. The molecule has 0 saturated carbocycles. The van der Waals surface area contributed by atoms with Crippen molar-refractivity contribution in [3.05, 3.63) is 0 Å². The van der Waals surface area contributed by atoms with Gasteiger partial charge in [0.25, 0.3) is 0 Å². The van der Waals surface area contributed by atoms with Crippen molar-refractivity contribution >= 4 is 5.91 Å². The zero-order valence-electron chi connectivity index (χ0n) is 8.07. The van der Waals surface area contributed by atoms with Crippen LogP contribution < -0.4 is 5.73 Å². The number of hydrogen-bond acceptors (Lipinski definition) is 3. The number of carbonyl (C=O) groups is 1. The van der Waals surface area contributed by atoms with Crippen LogP contribution >= 0.6 is 0 Å². The molecule has 1 aliphatic rings. The number of nitrogens with zero attached hydrogens (tertiary/aromatic N) is 1. The van der Waals surface area contributed by atoms with Crippen LogP contribution in [0.25, 0.3) is 0 Å². The average Bonchev–Trinajstić information content (AvgIpc) is 2.52. The van der Waals surface area contributed by atoms with Gasteiger partial charge in [-0.15, -0.1) is 0 Å². The van der Waals surface area contributed by atoms with E-state index in [9.17, 15) is 9.90 Å². The van der Waals surface area contributed by atoms with Crippen LogP contribution in [0.3, 0.4) is 0 Å². The van der Waals surface area contributed by atoms with E-state index in [1.165, 1.54) is 0 Å². The summed E-state index contributed by atoms with van der Waals surface area (Å²) in [5.74, 6) is 0.0749. The van der Waals surface area contributed by atoms with Gasteiger partial charge < -0.3 is 15.7 Å². The standard InChI is InChI=1S/C9H18N2O2/c1-7(12)8-3-2-6-11(8)9(13)4-5-10/h7-8,12H,2-6,10H2,1H3/t7-,8+/m0/s1. The Morgan fingerprint density at radius 2 is 2.46 bits per heavy atom. The molecule has 1 saturated heterocycles. The molecule has 0 aliphatic carbocycles. The minimum atomic E-state index is -0.427. The molecular formula is C9H18N2O2. The summed E-state index contributed by atoms with van der Waals surface area (Å²) in [5.41, 5.74) is 5.31. The number of hydrogen-bond donors (Lipinski definition) is 2. The lowest BCUT2D eigenvalue weighted by Gasteiger charge is -2.26. The molecule has 4 heteroatoms. The summed E-state index contributed by atoms with van der Waals surface area (Å²) in [7, 11) is 0. The third-order valence-corrected chi connectivity index (χ3v) is 2.53. The van der Waals surface area contributed by atoms with Gasteiger partial charge in [-0.05, 0) is 19.8 Å². The van der Waals surface area contributed by atoms with E-state index in [2.05, 4.69) is 0 Å². The third-order valence-electron chi connectivity index (χ3n) is 2.53. The van der Waals surface area contributed by atoms with Crippen molar-refractivity contribution in [2.24, 2.45) is 5.73 Å². The van der Waals surface area contributed by atoms with Crippen molar-refractivity contribution in [3.8, 4) is 0 Å². The van der Waals surface area contributed by atoms with Crippen LogP contribution in [-0.2, 0) is 4.79 Å². The van der Waals surface area contributed by atoms with E-state index in [-0.39, 0.29) is 11.9 Å². The lowest BCUT2D eigenvalue weighted by Crippen LogP contribution is -2.42. The van der Waals surface area contributed by atoms with E-state index in [0.29, 0.717) is 13.0 Å². The van der Waals surface area contributed by atoms with E-state index in [1.54, 1.807) is 11.8 Å². The maximum Gasteiger partial charge on any atom is 0.224 e. The van der Waals surface area contributed by atoms with Gasteiger partial charge in [-0.3, -0.25) is 4.79 Å². The normalized spacial score (nSPS) is 24.8. The van der Waals surface area contributed by atoms with Crippen molar-refractivity contribution < 1.29 is 9.90 Å². The van der Waals surface area contributed by atoms with Crippen LogP contribution in [-0.4, -0.2) is 41.1 Å². The van der Waals surface area contributed by atoms with Crippen LogP contribution in [0, 0.1) is 0 Å². The van der Waals surface area contributed by atoms with Gasteiger partial charge in [0, 0.05) is 19.5 Å². The Bertz CT molecular complexity index is 182. The van der Waals surface area contributed by atoms with Gasteiger partial charge in [0.2, 0.25) is 5.91 Å². The van der Waals surface area contributed by atoms with Gasteiger partial charge in [-0.2, -0.15) is 0 Å². The molecule has 0 aromatic rings. The van der Waals surface area contributed by atoms with E-state index >= 15 is 0 Å². The topological polar surface area (TPSA) is 66.6 Å². The Morgan fingerprint density at radius 3 is 3.00 bits per heavy atom. The van der Waals surface area contributed by atoms with Crippen molar-refractivity contribution in [1.29, 1.82) is 0 Å². The molecule has 1 rings (SSSR count). The number of rotatable bonds is 3. The molecule has 1 aliphatic heterocycles. The Kier molecular flexibility index (Phi) is 3.69. The largest absolute Gasteiger partial charge is 0.391 e. The summed E-state index contributed by atoms with van der Waals surface area (Å²) in [6, 6.07) is 0.0130. The van der Waals surface area contributed by atoms with Crippen molar-refractivity contribution in [3.63, 3.8) is 0 Å². The van der Waals surface area contributed by atoms with Gasteiger partial charge in [-0.1, -0.05) is 0 Å². The molecule has 4 nitrogen and oxygen atoms in total. The quantitative estimate of drug-likeness (QED) is 0.636. The van der Waals surface area contributed by atoms with E-state index in [4.69, 9.17) is 5.73 Å². The second-order valence-corrected chi connectivity index (χ2v) is 3.58. The first kappa shape index (κ1) is 10.5. The van der Waals surface area contributed by atoms with E-state index in [1.807, 2.05) is 0 Å². The zero-order chi connectivity index (χ0) is 9.84. The molecule has 1 amide bonds. The summed E-state index contributed by atoms with van der Waals surface area (Å²) in [6.45, 7) is 2.90. The van der Waals surface area contributed by atoms with Crippen molar-refractivity contribution in [2.45, 2.75) is 38.3 Å². The predicted molar refractivity (Wildman–Crippen MR) is 50.1 cm³/mol. The van der Waals surface area contributed by atoms with Crippen molar-refractivity contribution in [1.82, 2.24) is 4.90 Å². The maximum atomic E-state index is 11.5. The lowest BCUT2D eigenvalue weighted by atomic mass is 10.1. The lowest BCUT2D eigenvalue weighted by molar-refractivity contribution is -0.133. The second kappa shape index (κ2) is 4.58. The maximum absolute atomic E-state index is 11.5. The molecule has 1 fully saturated rings. The molecule has 0 aromatic carbocycles. The van der Waals surface area contributed by atoms with Crippen LogP contribution in [0.2, 0.25) is 0 Å². The second-order valence-electron chi connectivity index (χ2n) is 3.58. The Morgan fingerprint density at radius 1 is 1.77 bits per heavy atom. The first-order valence-corrected chi connectivity index (χ1v) is 4.84. The van der Waals surface area contributed by atoms with Gasteiger partial charge in [0.1, 0.15) is 0 Å². The van der Waals surface area contributed by atoms with Crippen LogP contribution in [0.5, 0.6) is 0 Å². The molecule has 13 heavy (non-hydrogen) atoms. The number of carbonyl (C=O) groups excluding carboxylic acids is 1. The van der Waals surface area contributed by atoms with Gasteiger partial charge in [0.05, 0.1) is 12.1 Å². The number of aliphatic hydroxyl groups is 1. The SMILES string of the molecule is C[C@H](O)[C@H]1CCCN1C(=O)CCN. The highest BCUT2D eigenvalue weighted by Gasteiger charge is 2.30. The Labute approximate surface area is 78.7 Å². The minimum absolute atomic E-state index is 0.0130. The highest BCUT2D eigenvalue weighted by Crippen LogP contribution is 2.20. The highest BCUT2D eigenvalue weighted by atomic mass is 16.3. The third kappa shape index (κ3) is 2.42. The number of aliphatic hydroxyl groups excluding tert-OH is 1. The van der Waals surface area contributed by atoms with Crippen LogP contribution in [0.1, 0.15) is 26.2 Å². The summed E-state index contributed by atoms with van der Waals surface area (Å²) in [5, 5.41) is 9.41. The van der Waals surface area contributed by atoms with Gasteiger partial charge in [-0.25, -0.2) is 0 Å². The van der Waals surface area contributed by atoms with E-state index < -0.39 is 6.10 Å². The molecule has 3 N–H and O–H groups in total. The Balaban J connectivity index is 2.52. The summed E-state index contributed by atoms with van der Waals surface area (Å²) < 4.78 is 0. The highest BCUT2D eigenvalue weighted by molar-refractivity contribution is 5.77. The molecule has 1 heterocycles. The smallest absolute Gasteiger partial charge is 0.224 e. The molecule has 0 unspecified atom stereocenters. The van der Waals surface area contributed by atoms with E-state index in [0.717, 1.165) is 19.4 Å². The summed E-state index contributed by atoms with van der Waals surface area (Å²) >= 11 is 0. The molecule has 2 atom stereocenters. The zero-order valence-corrected chi connectivity index (χ0v) is 8.07. The summed E-state index contributed by atoms with van der Waals surface area (Å²) in [6.07, 6.45) is 1.87. The number of amides is 1. The first-order valence-electron chi connectivity index (χ1n) is 4.84. The fourth-order valence-corrected chi connectivity index (χ4v) is 1.87. The van der Waals surface area contributed by atoms with Crippen LogP contribution in [0.4, 0.5) is 0 Å². The minimum Gasteiger partial charge on any atom is -0.391 e.